The standard InChI is InChI=1S/C27H26FN3O2/c1-3-21-5-6-22(15-30-21)31-26(32)27(2,33)19-12-16-10-18(11-17(16)13-19)23-8-9-29-25-7-4-20(28)14-24(23)25/h1,4-9,14-19,33H,10-13H2,2H3,(H,31,32)/t16-,17+,18?,19?,27?. The fraction of sp³-hybridized carbons (Fsp3) is 0.370. The van der Waals surface area contributed by atoms with Gasteiger partial charge in [0.25, 0.3) is 5.91 Å². The van der Waals surface area contributed by atoms with Crippen molar-refractivity contribution in [3.63, 3.8) is 0 Å². The maximum Gasteiger partial charge on any atom is 0.256 e. The van der Waals surface area contributed by atoms with Crippen molar-refractivity contribution in [1.29, 1.82) is 0 Å². The molecule has 5 rings (SSSR count). The largest absolute Gasteiger partial charge is 0.380 e. The van der Waals surface area contributed by atoms with E-state index in [9.17, 15) is 14.3 Å². The van der Waals surface area contributed by atoms with E-state index in [-0.39, 0.29) is 11.7 Å². The Morgan fingerprint density at radius 3 is 2.58 bits per heavy atom. The van der Waals surface area contributed by atoms with Crippen LogP contribution in [-0.4, -0.2) is 26.6 Å². The molecule has 1 aromatic carbocycles. The topological polar surface area (TPSA) is 75.1 Å². The number of nitrogens with one attached hydrogen (secondary N) is 1. The SMILES string of the molecule is C#Cc1ccc(NC(=O)C(C)(O)C2C[C@H]3CC(c4ccnc5ccc(F)cc45)C[C@H]3C2)cn1. The van der Waals surface area contributed by atoms with Gasteiger partial charge in [-0.15, -0.1) is 6.42 Å². The molecule has 2 saturated carbocycles. The highest BCUT2D eigenvalue weighted by Crippen LogP contribution is 2.55. The zero-order valence-corrected chi connectivity index (χ0v) is 18.5. The Labute approximate surface area is 192 Å². The maximum atomic E-state index is 13.9. The average Bonchev–Trinajstić information content (AvgIpc) is 3.39. The van der Waals surface area contributed by atoms with Crippen molar-refractivity contribution in [2.45, 2.75) is 44.1 Å². The molecular weight excluding hydrogens is 417 g/mol. The van der Waals surface area contributed by atoms with E-state index >= 15 is 0 Å². The number of carbonyl (C=O) groups excluding carboxylic acids is 1. The molecule has 2 aromatic heterocycles. The van der Waals surface area contributed by atoms with Crippen LogP contribution in [-0.2, 0) is 4.79 Å². The predicted octanol–water partition coefficient (Wildman–Crippen LogP) is 4.66. The van der Waals surface area contributed by atoms with Crippen molar-refractivity contribution >= 4 is 22.5 Å². The van der Waals surface area contributed by atoms with Crippen molar-refractivity contribution in [1.82, 2.24) is 9.97 Å². The van der Waals surface area contributed by atoms with E-state index in [1.54, 1.807) is 37.4 Å². The van der Waals surface area contributed by atoms with Gasteiger partial charge in [0, 0.05) is 11.6 Å². The lowest BCUT2D eigenvalue weighted by Crippen LogP contribution is -2.46. The Morgan fingerprint density at radius 1 is 1.15 bits per heavy atom. The molecule has 5 atom stereocenters. The molecule has 3 aromatic rings. The summed E-state index contributed by atoms with van der Waals surface area (Å²) in [6.07, 6.45) is 12.2. The van der Waals surface area contributed by atoms with Crippen molar-refractivity contribution in [2.75, 3.05) is 5.32 Å². The summed E-state index contributed by atoms with van der Waals surface area (Å²) < 4.78 is 13.9. The first-order valence-corrected chi connectivity index (χ1v) is 11.4. The summed E-state index contributed by atoms with van der Waals surface area (Å²) in [5, 5.41) is 14.8. The smallest absolute Gasteiger partial charge is 0.256 e. The highest BCUT2D eigenvalue weighted by atomic mass is 19.1. The van der Waals surface area contributed by atoms with E-state index in [0.29, 0.717) is 29.1 Å². The molecule has 6 heteroatoms. The molecule has 0 bridgehead atoms. The summed E-state index contributed by atoms with van der Waals surface area (Å²) in [6.45, 7) is 1.61. The van der Waals surface area contributed by atoms with Gasteiger partial charge in [-0.05, 0) is 98.2 Å². The van der Waals surface area contributed by atoms with Crippen LogP contribution in [0.25, 0.3) is 10.9 Å². The summed E-state index contributed by atoms with van der Waals surface area (Å²) in [5.74, 6) is 2.87. The van der Waals surface area contributed by atoms with E-state index in [0.717, 1.165) is 42.1 Å². The molecular formula is C27H26FN3O2. The Balaban J connectivity index is 1.27. The van der Waals surface area contributed by atoms with Crippen LogP contribution in [0.3, 0.4) is 0 Å². The molecule has 1 amide bonds. The van der Waals surface area contributed by atoms with Crippen molar-refractivity contribution in [3.05, 3.63) is 65.9 Å². The molecule has 0 aliphatic heterocycles. The van der Waals surface area contributed by atoms with Crippen LogP contribution in [0.5, 0.6) is 0 Å². The van der Waals surface area contributed by atoms with E-state index < -0.39 is 11.5 Å². The van der Waals surface area contributed by atoms with Crippen molar-refractivity contribution < 1.29 is 14.3 Å². The predicted molar refractivity (Wildman–Crippen MR) is 125 cm³/mol. The van der Waals surface area contributed by atoms with Gasteiger partial charge in [-0.3, -0.25) is 9.78 Å². The minimum Gasteiger partial charge on any atom is -0.380 e. The van der Waals surface area contributed by atoms with Crippen LogP contribution in [0, 0.1) is 35.9 Å². The van der Waals surface area contributed by atoms with Crippen LogP contribution in [0.1, 0.15) is 49.8 Å². The highest BCUT2D eigenvalue weighted by Gasteiger charge is 2.50. The van der Waals surface area contributed by atoms with E-state index in [1.807, 2.05) is 6.07 Å². The normalized spacial score (nSPS) is 25.9. The quantitative estimate of drug-likeness (QED) is 0.575. The fourth-order valence-electron chi connectivity index (χ4n) is 5.82. The third kappa shape index (κ3) is 3.98. The molecule has 2 N–H and O–H groups in total. The first-order valence-electron chi connectivity index (χ1n) is 11.4. The van der Waals surface area contributed by atoms with Crippen LogP contribution in [0.4, 0.5) is 10.1 Å². The number of nitrogens with zero attached hydrogens (tertiary/aromatic N) is 2. The van der Waals surface area contributed by atoms with Gasteiger partial charge in [-0.25, -0.2) is 9.37 Å². The summed E-state index contributed by atoms with van der Waals surface area (Å²) in [4.78, 5) is 21.3. The molecule has 5 nitrogen and oxygen atoms in total. The van der Waals surface area contributed by atoms with Gasteiger partial charge in [-0.1, -0.05) is 5.92 Å². The molecule has 0 saturated heterocycles. The number of halogens is 1. The molecule has 0 spiro atoms. The lowest BCUT2D eigenvalue weighted by molar-refractivity contribution is -0.137. The molecule has 2 aliphatic rings. The van der Waals surface area contributed by atoms with Gasteiger partial charge in [0.15, 0.2) is 0 Å². The number of hydrogen-bond donors (Lipinski definition) is 2. The second kappa shape index (κ2) is 8.24. The Morgan fingerprint density at radius 2 is 1.91 bits per heavy atom. The second-order valence-corrected chi connectivity index (χ2v) is 9.60. The fourth-order valence-corrected chi connectivity index (χ4v) is 5.82. The maximum absolute atomic E-state index is 13.9. The number of terminal acetylenes is 1. The molecule has 2 aliphatic carbocycles. The molecule has 168 valence electrons. The summed E-state index contributed by atoms with van der Waals surface area (Å²) in [7, 11) is 0. The first kappa shape index (κ1) is 21.5. The number of pyridine rings is 2. The number of hydrogen-bond acceptors (Lipinski definition) is 4. The molecule has 0 radical (unpaired) electrons. The van der Waals surface area contributed by atoms with Gasteiger partial charge >= 0.3 is 0 Å². The van der Waals surface area contributed by atoms with Crippen LogP contribution < -0.4 is 5.32 Å². The summed E-state index contributed by atoms with van der Waals surface area (Å²) in [6, 6.07) is 10.1. The number of aromatic nitrogens is 2. The Bertz CT molecular complexity index is 1230. The van der Waals surface area contributed by atoms with Gasteiger partial charge in [-0.2, -0.15) is 0 Å². The molecule has 2 heterocycles. The summed E-state index contributed by atoms with van der Waals surface area (Å²) >= 11 is 0. The van der Waals surface area contributed by atoms with Gasteiger partial charge in [0.2, 0.25) is 0 Å². The third-order valence-electron chi connectivity index (χ3n) is 7.62. The number of benzene rings is 1. The lowest BCUT2D eigenvalue weighted by Gasteiger charge is -2.30. The average molecular weight is 444 g/mol. The molecule has 3 unspecified atom stereocenters. The number of carbonyl (C=O) groups is 1. The Hall–Kier alpha value is -3.30. The summed E-state index contributed by atoms with van der Waals surface area (Å²) in [5.41, 5.74) is 1.49. The van der Waals surface area contributed by atoms with Gasteiger partial charge in [0.1, 0.15) is 17.1 Å². The lowest BCUT2D eigenvalue weighted by atomic mass is 9.83. The minimum atomic E-state index is -1.48. The number of aliphatic hydroxyl groups is 1. The number of rotatable bonds is 4. The first-order chi connectivity index (χ1) is 15.8. The van der Waals surface area contributed by atoms with Crippen LogP contribution in [0.15, 0.2) is 48.8 Å². The number of fused-ring (bicyclic) bond motifs is 2. The van der Waals surface area contributed by atoms with Crippen molar-refractivity contribution in [3.8, 4) is 12.3 Å². The monoisotopic (exact) mass is 443 g/mol. The zero-order chi connectivity index (χ0) is 23.2. The zero-order valence-electron chi connectivity index (χ0n) is 18.5. The molecule has 2 fully saturated rings. The van der Waals surface area contributed by atoms with Crippen LogP contribution in [0.2, 0.25) is 0 Å². The van der Waals surface area contributed by atoms with Crippen LogP contribution >= 0.6 is 0 Å². The molecule has 33 heavy (non-hydrogen) atoms. The van der Waals surface area contributed by atoms with E-state index in [2.05, 4.69) is 21.2 Å². The minimum absolute atomic E-state index is 0.113. The van der Waals surface area contributed by atoms with Gasteiger partial charge in [0.05, 0.1) is 17.4 Å². The highest BCUT2D eigenvalue weighted by molar-refractivity contribution is 5.97. The Kier molecular flexibility index (Phi) is 5.38. The van der Waals surface area contributed by atoms with Gasteiger partial charge < -0.3 is 10.4 Å². The number of amides is 1. The second-order valence-electron chi connectivity index (χ2n) is 9.60. The van der Waals surface area contributed by atoms with Crippen molar-refractivity contribution in [2.24, 2.45) is 17.8 Å². The van der Waals surface area contributed by atoms with E-state index in [1.165, 1.54) is 12.3 Å². The number of anilines is 1. The van der Waals surface area contributed by atoms with E-state index in [4.69, 9.17) is 6.42 Å². The third-order valence-corrected chi connectivity index (χ3v) is 7.62.